The van der Waals surface area contributed by atoms with Gasteiger partial charge in [0.15, 0.2) is 5.82 Å². The summed E-state index contributed by atoms with van der Waals surface area (Å²) in [5.74, 6) is 0.742. The van der Waals surface area contributed by atoms with Crippen LogP contribution in [0.5, 0.6) is 0 Å². The Morgan fingerprint density at radius 1 is 0.609 bits per heavy atom. The highest BCUT2D eigenvalue weighted by Crippen LogP contribution is 2.51. The zero-order valence-electron chi connectivity index (χ0n) is 26.0. The van der Waals surface area contributed by atoms with E-state index in [9.17, 15) is 0 Å². The fourth-order valence-electron chi connectivity index (χ4n) is 7.54. The van der Waals surface area contributed by atoms with E-state index in [4.69, 9.17) is 9.97 Å². The highest BCUT2D eigenvalue weighted by atomic mass is 15.0. The largest absolute Gasteiger partial charge is 0.309 e. The molecule has 0 saturated heterocycles. The summed E-state index contributed by atoms with van der Waals surface area (Å²) in [6.45, 7) is 4.70. The minimum atomic E-state index is -0.0750. The molecule has 2 aromatic heterocycles. The Morgan fingerprint density at radius 3 is 2.26 bits per heavy atom. The second-order valence-corrected chi connectivity index (χ2v) is 13.0. The molecule has 0 atom stereocenters. The number of fused-ring (bicyclic) bond motifs is 6. The molecular weight excluding hydrogens is 558 g/mol. The minimum Gasteiger partial charge on any atom is -0.309 e. The Hall–Kier alpha value is -5.54. The molecule has 2 heterocycles. The summed E-state index contributed by atoms with van der Waals surface area (Å²) in [7, 11) is 0. The van der Waals surface area contributed by atoms with Crippen molar-refractivity contribution in [3.63, 3.8) is 0 Å². The lowest BCUT2D eigenvalue weighted by Crippen LogP contribution is -2.14. The first kappa shape index (κ1) is 26.8. The van der Waals surface area contributed by atoms with Gasteiger partial charge >= 0.3 is 0 Å². The van der Waals surface area contributed by atoms with Crippen molar-refractivity contribution in [2.45, 2.75) is 32.1 Å². The van der Waals surface area contributed by atoms with Crippen molar-refractivity contribution in [3.05, 3.63) is 156 Å². The number of allylic oxidation sites excluding steroid dienone is 4. The van der Waals surface area contributed by atoms with E-state index < -0.39 is 0 Å². The van der Waals surface area contributed by atoms with Gasteiger partial charge < -0.3 is 4.57 Å². The predicted octanol–water partition coefficient (Wildman–Crippen LogP) is 10.9. The Morgan fingerprint density at radius 2 is 1.39 bits per heavy atom. The van der Waals surface area contributed by atoms with Gasteiger partial charge in [0.1, 0.15) is 0 Å². The summed E-state index contributed by atoms with van der Waals surface area (Å²) < 4.78 is 2.42. The first-order valence-corrected chi connectivity index (χ1v) is 16.2. The van der Waals surface area contributed by atoms with Gasteiger partial charge in [-0.15, -0.1) is 0 Å². The van der Waals surface area contributed by atoms with Gasteiger partial charge in [-0.25, -0.2) is 9.97 Å². The normalized spacial score (nSPS) is 14.8. The molecule has 9 rings (SSSR count). The maximum Gasteiger partial charge on any atom is 0.160 e. The average molecular weight is 592 g/mol. The van der Waals surface area contributed by atoms with Crippen molar-refractivity contribution in [3.8, 4) is 39.5 Å². The fraction of sp³-hybridized carbons (Fsp3) is 0.116. The molecule has 0 amide bonds. The maximum absolute atomic E-state index is 5.17. The molecule has 0 saturated carbocycles. The zero-order chi connectivity index (χ0) is 30.8. The minimum absolute atomic E-state index is 0.0750. The Kier molecular flexibility index (Phi) is 5.98. The third kappa shape index (κ3) is 4.12. The second kappa shape index (κ2) is 10.3. The number of aromatic nitrogens is 3. The molecule has 7 aromatic rings. The van der Waals surface area contributed by atoms with Crippen LogP contribution in [0.15, 0.2) is 140 Å². The Bertz CT molecular complexity index is 2390. The Labute approximate surface area is 269 Å². The lowest BCUT2D eigenvalue weighted by Gasteiger charge is -2.21. The molecule has 2 aliphatic rings. The number of nitrogens with zero attached hydrogens (tertiary/aromatic N) is 3. The highest BCUT2D eigenvalue weighted by molar-refractivity contribution is 6.11. The number of benzene rings is 5. The third-order valence-corrected chi connectivity index (χ3v) is 9.88. The van der Waals surface area contributed by atoms with Crippen molar-refractivity contribution >= 4 is 27.4 Å². The summed E-state index contributed by atoms with van der Waals surface area (Å²) in [6.07, 6.45) is 8.56. The predicted molar refractivity (Wildman–Crippen MR) is 191 cm³/mol. The van der Waals surface area contributed by atoms with Gasteiger partial charge in [-0.05, 0) is 77.1 Å². The van der Waals surface area contributed by atoms with Crippen LogP contribution in [0.25, 0.3) is 66.8 Å². The fourth-order valence-corrected chi connectivity index (χ4v) is 7.54. The standard InChI is InChI=1S/C43H33N3/c1-43(2)36-22-11-9-20-32(36)34-25-35-33-21-10-12-23-40(33)46(41(35)26-37(34)43)31-19-13-18-30(24-31)42-44-38(28-14-5-3-6-15-28)27-39(45-42)29-16-7-4-8-17-29/h3-7,9-16,18-27H,8,17H2,1-2H3. The molecule has 0 aliphatic heterocycles. The van der Waals surface area contributed by atoms with Crippen LogP contribution >= 0.6 is 0 Å². The first-order valence-electron chi connectivity index (χ1n) is 16.2. The lowest BCUT2D eigenvalue weighted by molar-refractivity contribution is 0.661. The van der Waals surface area contributed by atoms with E-state index in [0.29, 0.717) is 0 Å². The van der Waals surface area contributed by atoms with E-state index in [2.05, 4.69) is 152 Å². The summed E-state index contributed by atoms with van der Waals surface area (Å²) in [4.78, 5) is 10.3. The van der Waals surface area contributed by atoms with Gasteiger partial charge in [0.2, 0.25) is 0 Å². The molecule has 0 N–H and O–H groups in total. The van der Waals surface area contributed by atoms with Gasteiger partial charge in [-0.2, -0.15) is 0 Å². The van der Waals surface area contributed by atoms with Crippen molar-refractivity contribution in [2.24, 2.45) is 0 Å². The van der Waals surface area contributed by atoms with Crippen LogP contribution < -0.4 is 0 Å². The van der Waals surface area contributed by atoms with E-state index >= 15 is 0 Å². The first-order chi connectivity index (χ1) is 22.6. The molecule has 0 fully saturated rings. The van der Waals surface area contributed by atoms with Gasteiger partial charge in [0.05, 0.1) is 22.4 Å². The van der Waals surface area contributed by atoms with Crippen molar-refractivity contribution in [1.29, 1.82) is 0 Å². The van der Waals surface area contributed by atoms with Crippen LogP contribution in [0.2, 0.25) is 0 Å². The SMILES string of the molecule is CC1(C)c2ccccc2-c2cc3c4ccccc4n(-c4cccc(-c5nc(C6=CC=CCC6)cc(-c6ccccc6)n5)c4)c3cc21. The lowest BCUT2D eigenvalue weighted by atomic mass is 9.82. The van der Waals surface area contributed by atoms with E-state index in [-0.39, 0.29) is 5.41 Å². The van der Waals surface area contributed by atoms with E-state index in [0.717, 1.165) is 46.9 Å². The van der Waals surface area contributed by atoms with Crippen LogP contribution in [-0.4, -0.2) is 14.5 Å². The monoisotopic (exact) mass is 591 g/mol. The smallest absolute Gasteiger partial charge is 0.160 e. The van der Waals surface area contributed by atoms with Crippen LogP contribution in [0.4, 0.5) is 0 Å². The average Bonchev–Trinajstić information content (AvgIpc) is 3.56. The third-order valence-electron chi connectivity index (χ3n) is 9.88. The van der Waals surface area contributed by atoms with Crippen molar-refractivity contribution in [2.75, 3.05) is 0 Å². The second-order valence-electron chi connectivity index (χ2n) is 13.0. The van der Waals surface area contributed by atoms with Crippen molar-refractivity contribution in [1.82, 2.24) is 14.5 Å². The molecule has 220 valence electrons. The molecule has 0 bridgehead atoms. The van der Waals surface area contributed by atoms with Crippen LogP contribution in [-0.2, 0) is 5.41 Å². The van der Waals surface area contributed by atoms with Crippen molar-refractivity contribution < 1.29 is 0 Å². The van der Waals surface area contributed by atoms with E-state index in [1.165, 1.54) is 49.6 Å². The van der Waals surface area contributed by atoms with Crippen LogP contribution in [0.3, 0.4) is 0 Å². The summed E-state index contributed by atoms with van der Waals surface area (Å²) in [5.41, 5.74) is 14.2. The number of hydrogen-bond donors (Lipinski definition) is 0. The molecule has 0 radical (unpaired) electrons. The highest BCUT2D eigenvalue weighted by Gasteiger charge is 2.36. The molecule has 46 heavy (non-hydrogen) atoms. The van der Waals surface area contributed by atoms with Gasteiger partial charge in [0, 0.05) is 33.0 Å². The number of rotatable bonds is 4. The molecule has 2 aliphatic carbocycles. The van der Waals surface area contributed by atoms with Crippen LogP contribution in [0.1, 0.15) is 43.5 Å². The van der Waals surface area contributed by atoms with E-state index in [1.54, 1.807) is 0 Å². The summed E-state index contributed by atoms with van der Waals surface area (Å²) in [5, 5.41) is 2.53. The van der Waals surface area contributed by atoms with Crippen LogP contribution in [0, 0.1) is 0 Å². The quantitative estimate of drug-likeness (QED) is 0.204. The molecule has 5 aromatic carbocycles. The van der Waals surface area contributed by atoms with Gasteiger partial charge in [0.25, 0.3) is 0 Å². The topological polar surface area (TPSA) is 30.7 Å². The zero-order valence-corrected chi connectivity index (χ0v) is 26.0. The Balaban J connectivity index is 1.25. The van der Waals surface area contributed by atoms with E-state index in [1.807, 2.05) is 6.07 Å². The molecule has 0 unspecified atom stereocenters. The summed E-state index contributed by atoms with van der Waals surface area (Å²) >= 11 is 0. The van der Waals surface area contributed by atoms with Gasteiger partial charge in [-0.1, -0.05) is 117 Å². The molecule has 3 nitrogen and oxygen atoms in total. The molecular formula is C43H33N3. The number of hydrogen-bond acceptors (Lipinski definition) is 2. The molecule has 3 heteroatoms. The molecule has 0 spiro atoms. The van der Waals surface area contributed by atoms with Gasteiger partial charge in [-0.3, -0.25) is 0 Å². The maximum atomic E-state index is 5.17. The summed E-state index contributed by atoms with van der Waals surface area (Å²) in [6, 6.07) is 43.8. The number of para-hydroxylation sites is 1.